The van der Waals surface area contributed by atoms with E-state index in [1.807, 2.05) is 50.2 Å². The Morgan fingerprint density at radius 3 is 2.32 bits per heavy atom. The molecule has 1 atom stereocenters. The number of allylic oxidation sites excluding steroid dienone is 1. The third kappa shape index (κ3) is 4.78. The summed E-state index contributed by atoms with van der Waals surface area (Å²) in [4.78, 5) is 12.7. The van der Waals surface area contributed by atoms with Gasteiger partial charge in [0.25, 0.3) is 0 Å². The quantitative estimate of drug-likeness (QED) is 0.585. The molecule has 0 saturated heterocycles. The van der Waals surface area contributed by atoms with Gasteiger partial charge < -0.3 is 21.8 Å². The summed E-state index contributed by atoms with van der Waals surface area (Å²) in [7, 11) is 0. The molecule has 5 nitrogen and oxygen atoms in total. The number of hydrogen-bond donors (Lipinski definition) is 4. The normalized spacial score (nSPS) is 12.5. The van der Waals surface area contributed by atoms with Crippen molar-refractivity contribution in [1.82, 2.24) is 5.32 Å². The Hall–Kier alpha value is -2.92. The summed E-state index contributed by atoms with van der Waals surface area (Å²) in [6.07, 6.45) is 2.59. The lowest BCUT2D eigenvalue weighted by Gasteiger charge is -2.18. The van der Waals surface area contributed by atoms with E-state index in [-0.39, 0.29) is 5.91 Å². The van der Waals surface area contributed by atoms with E-state index in [1.54, 1.807) is 12.1 Å². The highest BCUT2D eigenvalue weighted by Gasteiger charge is 2.19. The molecular formula is C20H24N4O. The monoisotopic (exact) mass is 336 g/mol. The van der Waals surface area contributed by atoms with Crippen LogP contribution in [0.5, 0.6) is 0 Å². The molecule has 0 bridgehead atoms. The van der Waals surface area contributed by atoms with E-state index in [0.29, 0.717) is 17.8 Å². The molecule has 5 N–H and O–H groups in total. The molecule has 0 aliphatic carbocycles. The lowest BCUT2D eigenvalue weighted by atomic mass is 10.0. The molecule has 5 heteroatoms. The number of rotatable bonds is 7. The predicted octanol–water partition coefficient (Wildman–Crippen LogP) is 3.23. The smallest absolute Gasteiger partial charge is 0.246 e. The first-order chi connectivity index (χ1) is 12.1. The first-order valence-electron chi connectivity index (χ1n) is 8.22. The van der Waals surface area contributed by atoms with Crippen LogP contribution in [0, 0.1) is 12.3 Å². The fraction of sp³-hybridized carbons (Fsp3) is 0.200. The average molecular weight is 336 g/mol. The second-order valence-corrected chi connectivity index (χ2v) is 5.73. The number of carbonyl (C=O) groups excluding carboxylic acids is 1. The van der Waals surface area contributed by atoms with E-state index in [2.05, 4.69) is 10.6 Å². The SMILES string of the molecule is CCNC(C(=O)Nc1ccc(/C(C=N)=C/N)cc1)c1ccc(C)cc1. The number of aryl methyl sites for hydroxylation is 1. The molecule has 0 heterocycles. The number of benzene rings is 2. The number of likely N-dealkylation sites (N-methyl/N-ethyl adjacent to an activating group) is 1. The van der Waals surface area contributed by atoms with Crippen molar-refractivity contribution in [3.05, 3.63) is 71.4 Å². The van der Waals surface area contributed by atoms with Crippen LogP contribution >= 0.6 is 0 Å². The zero-order valence-electron chi connectivity index (χ0n) is 14.5. The molecule has 0 saturated carbocycles. The highest BCUT2D eigenvalue weighted by Crippen LogP contribution is 2.19. The number of nitrogens with one attached hydrogen (secondary N) is 3. The molecule has 2 rings (SSSR count). The van der Waals surface area contributed by atoms with Gasteiger partial charge in [0.2, 0.25) is 5.91 Å². The topological polar surface area (TPSA) is 91.0 Å². The number of nitrogens with two attached hydrogens (primary N) is 1. The van der Waals surface area contributed by atoms with Crippen molar-refractivity contribution in [2.75, 3.05) is 11.9 Å². The summed E-state index contributed by atoms with van der Waals surface area (Å²) in [5, 5.41) is 13.5. The van der Waals surface area contributed by atoms with Gasteiger partial charge in [-0.3, -0.25) is 4.79 Å². The van der Waals surface area contributed by atoms with Crippen LogP contribution in [-0.4, -0.2) is 18.7 Å². The van der Waals surface area contributed by atoms with Gasteiger partial charge in [-0.15, -0.1) is 0 Å². The molecule has 130 valence electrons. The molecule has 2 aromatic rings. The summed E-state index contributed by atoms with van der Waals surface area (Å²) >= 11 is 0. The van der Waals surface area contributed by atoms with Crippen LogP contribution < -0.4 is 16.4 Å². The van der Waals surface area contributed by atoms with Crippen LogP contribution in [0.15, 0.2) is 54.7 Å². The van der Waals surface area contributed by atoms with E-state index < -0.39 is 6.04 Å². The molecule has 2 aromatic carbocycles. The van der Waals surface area contributed by atoms with Crippen LogP contribution in [0.4, 0.5) is 5.69 Å². The Morgan fingerprint density at radius 2 is 1.80 bits per heavy atom. The molecule has 1 unspecified atom stereocenters. The van der Waals surface area contributed by atoms with E-state index in [0.717, 1.165) is 16.7 Å². The van der Waals surface area contributed by atoms with Crippen LogP contribution in [0.25, 0.3) is 5.57 Å². The Morgan fingerprint density at radius 1 is 1.16 bits per heavy atom. The lowest BCUT2D eigenvalue weighted by Crippen LogP contribution is -2.32. The summed E-state index contributed by atoms with van der Waals surface area (Å²) in [6, 6.07) is 14.8. The van der Waals surface area contributed by atoms with Gasteiger partial charge in [-0.1, -0.05) is 48.9 Å². The maximum atomic E-state index is 12.7. The summed E-state index contributed by atoms with van der Waals surface area (Å²) < 4.78 is 0. The minimum absolute atomic E-state index is 0.111. The zero-order chi connectivity index (χ0) is 18.2. The molecular weight excluding hydrogens is 312 g/mol. The largest absolute Gasteiger partial charge is 0.404 e. The van der Waals surface area contributed by atoms with Crippen molar-refractivity contribution < 1.29 is 4.79 Å². The zero-order valence-corrected chi connectivity index (χ0v) is 14.5. The van der Waals surface area contributed by atoms with E-state index in [4.69, 9.17) is 11.1 Å². The lowest BCUT2D eigenvalue weighted by molar-refractivity contribution is -0.118. The van der Waals surface area contributed by atoms with Crippen molar-refractivity contribution in [2.24, 2.45) is 5.73 Å². The average Bonchev–Trinajstić information content (AvgIpc) is 2.63. The maximum absolute atomic E-state index is 12.7. The second kappa shape index (κ2) is 8.80. The Labute approximate surface area is 148 Å². The molecule has 1 amide bonds. The van der Waals surface area contributed by atoms with E-state index in [9.17, 15) is 4.79 Å². The van der Waals surface area contributed by atoms with Crippen LogP contribution in [0.2, 0.25) is 0 Å². The van der Waals surface area contributed by atoms with Crippen molar-refractivity contribution >= 4 is 23.4 Å². The van der Waals surface area contributed by atoms with Gasteiger partial charge >= 0.3 is 0 Å². The highest BCUT2D eigenvalue weighted by molar-refractivity contribution is 6.08. The Balaban J connectivity index is 2.15. The van der Waals surface area contributed by atoms with Gasteiger partial charge in [0.15, 0.2) is 0 Å². The van der Waals surface area contributed by atoms with Crippen LogP contribution in [0.3, 0.4) is 0 Å². The van der Waals surface area contributed by atoms with Crippen LogP contribution in [0.1, 0.15) is 29.7 Å². The number of amides is 1. The fourth-order valence-corrected chi connectivity index (χ4v) is 2.51. The molecule has 0 spiro atoms. The summed E-state index contributed by atoms with van der Waals surface area (Å²) in [6.45, 7) is 4.68. The molecule has 0 aliphatic heterocycles. The molecule has 0 fully saturated rings. The molecule has 25 heavy (non-hydrogen) atoms. The minimum atomic E-state index is -0.411. The summed E-state index contributed by atoms with van der Waals surface area (Å²) in [5.74, 6) is -0.111. The molecule has 0 aliphatic rings. The van der Waals surface area contributed by atoms with E-state index in [1.165, 1.54) is 12.4 Å². The van der Waals surface area contributed by atoms with Crippen molar-refractivity contribution in [3.63, 3.8) is 0 Å². The van der Waals surface area contributed by atoms with Gasteiger partial charge in [0.05, 0.1) is 0 Å². The third-order valence-electron chi connectivity index (χ3n) is 3.90. The van der Waals surface area contributed by atoms with Crippen molar-refractivity contribution in [1.29, 1.82) is 5.41 Å². The number of anilines is 1. The fourth-order valence-electron chi connectivity index (χ4n) is 2.51. The highest BCUT2D eigenvalue weighted by atomic mass is 16.2. The minimum Gasteiger partial charge on any atom is -0.404 e. The van der Waals surface area contributed by atoms with Gasteiger partial charge in [0.1, 0.15) is 6.04 Å². The third-order valence-corrected chi connectivity index (χ3v) is 3.90. The predicted molar refractivity (Wildman–Crippen MR) is 104 cm³/mol. The van der Waals surface area contributed by atoms with Crippen molar-refractivity contribution in [3.8, 4) is 0 Å². The first kappa shape index (κ1) is 18.4. The Kier molecular flexibility index (Phi) is 6.48. The molecule has 0 aromatic heterocycles. The number of hydrogen-bond acceptors (Lipinski definition) is 4. The summed E-state index contributed by atoms with van der Waals surface area (Å²) in [5.41, 5.74) is 9.74. The van der Waals surface area contributed by atoms with E-state index >= 15 is 0 Å². The maximum Gasteiger partial charge on any atom is 0.246 e. The van der Waals surface area contributed by atoms with Crippen LogP contribution in [-0.2, 0) is 4.79 Å². The van der Waals surface area contributed by atoms with Gasteiger partial charge in [0, 0.05) is 23.7 Å². The van der Waals surface area contributed by atoms with Gasteiger partial charge in [-0.25, -0.2) is 0 Å². The van der Waals surface area contributed by atoms with Gasteiger partial charge in [-0.2, -0.15) is 0 Å². The standard InChI is InChI=1S/C20H24N4O/c1-3-23-19(16-6-4-14(2)5-7-16)20(25)24-18-10-8-15(9-11-18)17(12-21)13-22/h4-13,19,21,23H,3,22H2,1-2H3,(H,24,25)/b17-13+,21-12?. The van der Waals surface area contributed by atoms with Crippen molar-refractivity contribution in [2.45, 2.75) is 19.9 Å². The van der Waals surface area contributed by atoms with Gasteiger partial charge in [-0.05, 0) is 36.7 Å². The Bertz CT molecular complexity index is 748. The first-order valence-corrected chi connectivity index (χ1v) is 8.22. The number of carbonyl (C=O) groups is 1. The second-order valence-electron chi connectivity index (χ2n) is 5.73. The molecule has 0 radical (unpaired) electrons.